The summed E-state index contributed by atoms with van der Waals surface area (Å²) in [7, 11) is 3.16. The molecule has 4 rings (SSSR count). The maximum absolute atomic E-state index is 12.7. The van der Waals surface area contributed by atoms with E-state index in [1.165, 1.54) is 10.6 Å². The summed E-state index contributed by atoms with van der Waals surface area (Å²) >= 11 is 5.99. The van der Waals surface area contributed by atoms with E-state index in [1.54, 1.807) is 20.3 Å². The Balaban J connectivity index is 1.84. The highest BCUT2D eigenvalue weighted by molar-refractivity contribution is 6.30. The van der Waals surface area contributed by atoms with E-state index in [9.17, 15) is 4.79 Å². The van der Waals surface area contributed by atoms with Crippen LogP contribution in [0, 0.1) is 6.92 Å². The van der Waals surface area contributed by atoms with Gasteiger partial charge in [-0.05, 0) is 42.8 Å². The summed E-state index contributed by atoms with van der Waals surface area (Å²) in [6.45, 7) is 1.94. The van der Waals surface area contributed by atoms with Crippen LogP contribution in [-0.4, -0.2) is 28.8 Å². The molecule has 148 valence electrons. The average Bonchev–Trinajstić information content (AvgIpc) is 3.05. The Morgan fingerprint density at radius 1 is 1.03 bits per heavy atom. The molecule has 0 amide bonds. The number of H-pyrrole nitrogens is 1. The smallest absolute Gasteiger partial charge is 0.273 e. The van der Waals surface area contributed by atoms with Crippen molar-refractivity contribution in [1.82, 2.24) is 14.6 Å². The summed E-state index contributed by atoms with van der Waals surface area (Å²) in [4.78, 5) is 17.5. The molecule has 0 spiro atoms. The van der Waals surface area contributed by atoms with Crippen molar-refractivity contribution in [3.05, 3.63) is 80.7 Å². The largest absolute Gasteiger partial charge is 0.493 e. The van der Waals surface area contributed by atoms with Gasteiger partial charge in [0.1, 0.15) is 0 Å². The minimum atomic E-state index is -0.176. The van der Waals surface area contributed by atoms with Crippen molar-refractivity contribution in [2.75, 3.05) is 14.2 Å². The quantitative estimate of drug-likeness (QED) is 0.534. The van der Waals surface area contributed by atoms with Crippen LogP contribution < -0.4 is 15.0 Å². The summed E-state index contributed by atoms with van der Waals surface area (Å²) in [5.74, 6) is 1.20. The SMILES string of the molecule is COc1ccc(-c2cc(=O)n3[nH]c(C)c(Cc4ccc(Cl)cc4)c3n2)cc1OC. The molecular weight excluding hydrogens is 390 g/mol. The van der Waals surface area contributed by atoms with Gasteiger partial charge in [0, 0.05) is 34.3 Å². The van der Waals surface area contributed by atoms with Crippen LogP contribution in [0.1, 0.15) is 16.8 Å². The standard InChI is InChI=1S/C22H20ClN3O3/c1-13-17(10-14-4-7-16(23)8-5-14)22-24-18(12-21(27)26(22)25-13)15-6-9-19(28-2)20(11-15)29-3/h4-9,11-12,25H,10H2,1-3H3. The molecule has 0 aliphatic carbocycles. The number of hydrogen-bond acceptors (Lipinski definition) is 4. The molecule has 0 aliphatic rings. The van der Waals surface area contributed by atoms with Gasteiger partial charge >= 0.3 is 0 Å². The number of methoxy groups -OCH3 is 2. The van der Waals surface area contributed by atoms with E-state index in [4.69, 9.17) is 26.1 Å². The molecule has 2 heterocycles. The molecule has 0 bridgehead atoms. The first kappa shape index (κ1) is 19.1. The van der Waals surface area contributed by atoms with Crippen molar-refractivity contribution < 1.29 is 9.47 Å². The first-order valence-corrected chi connectivity index (χ1v) is 9.46. The molecule has 2 aromatic carbocycles. The van der Waals surface area contributed by atoms with Crippen molar-refractivity contribution >= 4 is 17.2 Å². The molecule has 1 N–H and O–H groups in total. The van der Waals surface area contributed by atoms with Crippen molar-refractivity contribution in [3.63, 3.8) is 0 Å². The molecule has 2 aromatic heterocycles. The van der Waals surface area contributed by atoms with Gasteiger partial charge in [0.25, 0.3) is 5.56 Å². The first-order chi connectivity index (χ1) is 14.0. The zero-order valence-electron chi connectivity index (χ0n) is 16.3. The van der Waals surface area contributed by atoms with Crippen molar-refractivity contribution in [3.8, 4) is 22.8 Å². The van der Waals surface area contributed by atoms with E-state index >= 15 is 0 Å². The number of nitrogens with one attached hydrogen (secondary N) is 1. The van der Waals surface area contributed by atoms with Gasteiger partial charge in [-0.2, -0.15) is 0 Å². The lowest BCUT2D eigenvalue weighted by Gasteiger charge is -2.09. The lowest BCUT2D eigenvalue weighted by Crippen LogP contribution is -2.14. The summed E-state index contributed by atoms with van der Waals surface area (Å²) in [5, 5.41) is 3.81. The van der Waals surface area contributed by atoms with Crippen LogP contribution in [0.5, 0.6) is 11.5 Å². The lowest BCUT2D eigenvalue weighted by atomic mass is 10.1. The van der Waals surface area contributed by atoms with Crippen molar-refractivity contribution in [2.24, 2.45) is 0 Å². The van der Waals surface area contributed by atoms with Gasteiger partial charge in [-0.3, -0.25) is 9.89 Å². The van der Waals surface area contributed by atoms with Crippen LogP contribution >= 0.6 is 11.6 Å². The molecule has 0 unspecified atom stereocenters. The van der Waals surface area contributed by atoms with Gasteiger partial charge in [-0.1, -0.05) is 23.7 Å². The third-order valence-corrected chi connectivity index (χ3v) is 5.15. The number of hydrogen-bond donors (Lipinski definition) is 1. The van der Waals surface area contributed by atoms with E-state index < -0.39 is 0 Å². The fraction of sp³-hybridized carbons (Fsp3) is 0.182. The second kappa shape index (κ2) is 7.64. The molecule has 7 heteroatoms. The predicted octanol–water partition coefficient (Wildman–Crippen LogP) is 4.26. The molecule has 0 radical (unpaired) electrons. The highest BCUT2D eigenvalue weighted by atomic mass is 35.5. The van der Waals surface area contributed by atoms with Crippen molar-refractivity contribution in [2.45, 2.75) is 13.3 Å². The highest BCUT2D eigenvalue weighted by Crippen LogP contribution is 2.31. The van der Waals surface area contributed by atoms with Gasteiger partial charge in [-0.25, -0.2) is 9.50 Å². The van der Waals surface area contributed by atoms with E-state index in [1.807, 2.05) is 43.3 Å². The number of aryl methyl sites for hydroxylation is 1. The average molecular weight is 410 g/mol. The van der Waals surface area contributed by atoms with E-state index in [-0.39, 0.29) is 5.56 Å². The van der Waals surface area contributed by atoms with E-state index in [2.05, 4.69) is 5.10 Å². The van der Waals surface area contributed by atoms with Gasteiger partial charge in [0.05, 0.1) is 19.9 Å². The second-order valence-corrected chi connectivity index (χ2v) is 7.16. The Labute approximate surface area is 172 Å². The van der Waals surface area contributed by atoms with Gasteiger partial charge in [-0.15, -0.1) is 0 Å². The van der Waals surface area contributed by atoms with Crippen LogP contribution in [0.15, 0.2) is 53.3 Å². The van der Waals surface area contributed by atoms with Crippen molar-refractivity contribution in [1.29, 1.82) is 0 Å². The number of nitrogens with zero attached hydrogens (tertiary/aromatic N) is 2. The van der Waals surface area contributed by atoms with Crippen LogP contribution in [0.4, 0.5) is 0 Å². The molecule has 0 aliphatic heterocycles. The molecule has 0 saturated carbocycles. The Hall–Kier alpha value is -3.25. The molecule has 29 heavy (non-hydrogen) atoms. The molecule has 0 fully saturated rings. The normalized spacial score (nSPS) is 11.0. The number of fused-ring (bicyclic) bond motifs is 1. The van der Waals surface area contributed by atoms with E-state index in [0.29, 0.717) is 34.3 Å². The molecule has 0 saturated heterocycles. The second-order valence-electron chi connectivity index (χ2n) is 6.73. The summed E-state index contributed by atoms with van der Waals surface area (Å²) in [5.41, 5.74) is 4.73. The Bertz CT molecular complexity index is 1240. The molecule has 0 atom stereocenters. The molecular formula is C22H20ClN3O3. The Morgan fingerprint density at radius 2 is 1.76 bits per heavy atom. The van der Waals surface area contributed by atoms with Gasteiger partial charge in [0.15, 0.2) is 17.1 Å². The summed E-state index contributed by atoms with van der Waals surface area (Å²) in [6, 6.07) is 14.6. The third kappa shape index (κ3) is 3.59. The summed E-state index contributed by atoms with van der Waals surface area (Å²) in [6.07, 6.45) is 0.637. The predicted molar refractivity (Wildman–Crippen MR) is 113 cm³/mol. The molecule has 6 nitrogen and oxygen atoms in total. The fourth-order valence-corrected chi connectivity index (χ4v) is 3.48. The topological polar surface area (TPSA) is 68.6 Å². The number of aromatic nitrogens is 3. The number of aromatic amines is 1. The maximum atomic E-state index is 12.7. The van der Waals surface area contributed by atoms with Crippen LogP contribution in [-0.2, 0) is 6.42 Å². The zero-order valence-corrected chi connectivity index (χ0v) is 17.1. The summed E-state index contributed by atoms with van der Waals surface area (Å²) < 4.78 is 12.1. The van der Waals surface area contributed by atoms with Crippen LogP contribution in [0.25, 0.3) is 16.9 Å². The maximum Gasteiger partial charge on any atom is 0.273 e. The highest BCUT2D eigenvalue weighted by Gasteiger charge is 2.15. The lowest BCUT2D eigenvalue weighted by molar-refractivity contribution is 0.355. The van der Waals surface area contributed by atoms with Gasteiger partial charge in [0.2, 0.25) is 0 Å². The number of rotatable bonds is 5. The number of benzene rings is 2. The zero-order chi connectivity index (χ0) is 20.5. The number of halogens is 1. The minimum Gasteiger partial charge on any atom is -0.493 e. The first-order valence-electron chi connectivity index (χ1n) is 9.08. The third-order valence-electron chi connectivity index (χ3n) is 4.89. The fourth-order valence-electron chi connectivity index (χ4n) is 3.36. The van der Waals surface area contributed by atoms with Crippen LogP contribution in [0.3, 0.4) is 0 Å². The Kier molecular flexibility index (Phi) is 5.03. The Morgan fingerprint density at radius 3 is 2.45 bits per heavy atom. The molecule has 4 aromatic rings. The van der Waals surface area contributed by atoms with E-state index in [0.717, 1.165) is 22.4 Å². The van der Waals surface area contributed by atoms with Gasteiger partial charge < -0.3 is 9.47 Å². The number of ether oxygens (including phenoxy) is 2. The monoisotopic (exact) mass is 409 g/mol. The van der Waals surface area contributed by atoms with Crippen LogP contribution in [0.2, 0.25) is 5.02 Å². The minimum absolute atomic E-state index is 0.176.